The number of aromatic nitrogens is 1. The summed E-state index contributed by atoms with van der Waals surface area (Å²) in [5, 5.41) is 6.86. The van der Waals surface area contributed by atoms with Crippen molar-refractivity contribution in [3.05, 3.63) is 45.4 Å². The van der Waals surface area contributed by atoms with Gasteiger partial charge in [-0.15, -0.1) is 11.3 Å². The van der Waals surface area contributed by atoms with Gasteiger partial charge in [-0.2, -0.15) is 0 Å². The molecule has 0 fully saturated rings. The standard InChI is InChI=1S/C14H17ClN2O2S/c1-18-7-5-16-9-11-12(15)3-2-4-13(11)19-10-14-17-6-8-20-14/h2-4,6,8,16H,5,7,9-10H2,1H3. The van der Waals surface area contributed by atoms with E-state index in [4.69, 9.17) is 21.1 Å². The molecule has 0 saturated heterocycles. The number of hydrogen-bond donors (Lipinski definition) is 1. The van der Waals surface area contributed by atoms with Crippen molar-refractivity contribution in [3.63, 3.8) is 0 Å². The van der Waals surface area contributed by atoms with Crippen LogP contribution in [0.25, 0.3) is 0 Å². The van der Waals surface area contributed by atoms with E-state index in [0.717, 1.165) is 22.9 Å². The zero-order valence-corrected chi connectivity index (χ0v) is 12.8. The molecular formula is C14H17ClN2O2S. The number of nitrogens with zero attached hydrogens (tertiary/aromatic N) is 1. The molecule has 6 heteroatoms. The summed E-state index contributed by atoms with van der Waals surface area (Å²) < 4.78 is 10.8. The summed E-state index contributed by atoms with van der Waals surface area (Å²) in [5.41, 5.74) is 0.960. The molecule has 0 unspecified atom stereocenters. The maximum Gasteiger partial charge on any atom is 0.140 e. The van der Waals surface area contributed by atoms with Crippen molar-refractivity contribution in [1.82, 2.24) is 10.3 Å². The average Bonchev–Trinajstić information content (AvgIpc) is 2.96. The van der Waals surface area contributed by atoms with E-state index in [2.05, 4.69) is 10.3 Å². The van der Waals surface area contributed by atoms with Gasteiger partial charge in [0.05, 0.1) is 6.61 Å². The fourth-order valence-electron chi connectivity index (χ4n) is 1.70. The minimum atomic E-state index is 0.461. The van der Waals surface area contributed by atoms with E-state index in [9.17, 15) is 0 Å². The van der Waals surface area contributed by atoms with Crippen LogP contribution in [0.1, 0.15) is 10.6 Å². The van der Waals surface area contributed by atoms with E-state index in [-0.39, 0.29) is 0 Å². The Hall–Kier alpha value is -1.14. The second kappa shape index (κ2) is 8.21. The van der Waals surface area contributed by atoms with Crippen LogP contribution in [-0.2, 0) is 17.9 Å². The highest BCUT2D eigenvalue weighted by Gasteiger charge is 2.08. The molecule has 20 heavy (non-hydrogen) atoms. The van der Waals surface area contributed by atoms with Gasteiger partial charge in [0, 0.05) is 42.4 Å². The molecule has 0 spiro atoms. The van der Waals surface area contributed by atoms with E-state index in [0.29, 0.717) is 24.8 Å². The Morgan fingerprint density at radius 1 is 1.40 bits per heavy atom. The number of hydrogen-bond acceptors (Lipinski definition) is 5. The molecule has 0 atom stereocenters. The van der Waals surface area contributed by atoms with Crippen LogP contribution in [0.4, 0.5) is 0 Å². The first kappa shape index (κ1) is 15.3. The summed E-state index contributed by atoms with van der Waals surface area (Å²) in [5.74, 6) is 0.789. The molecule has 0 aliphatic rings. The van der Waals surface area contributed by atoms with Crippen LogP contribution in [-0.4, -0.2) is 25.2 Å². The highest BCUT2D eigenvalue weighted by molar-refractivity contribution is 7.09. The summed E-state index contributed by atoms with van der Waals surface area (Å²) >= 11 is 7.81. The van der Waals surface area contributed by atoms with Crippen LogP contribution >= 0.6 is 22.9 Å². The Bertz CT molecular complexity index is 520. The molecule has 1 heterocycles. The molecule has 0 bridgehead atoms. The molecule has 2 rings (SSSR count). The first-order valence-electron chi connectivity index (χ1n) is 6.29. The van der Waals surface area contributed by atoms with Crippen molar-refractivity contribution in [2.45, 2.75) is 13.2 Å². The molecule has 0 radical (unpaired) electrons. The lowest BCUT2D eigenvalue weighted by molar-refractivity contribution is 0.199. The summed E-state index contributed by atoms with van der Waals surface area (Å²) in [7, 11) is 1.68. The van der Waals surface area contributed by atoms with Crippen LogP contribution in [0.15, 0.2) is 29.8 Å². The van der Waals surface area contributed by atoms with Gasteiger partial charge in [-0.1, -0.05) is 17.7 Å². The number of thiazole rings is 1. The second-order valence-corrected chi connectivity index (χ2v) is 5.49. The minimum Gasteiger partial charge on any atom is -0.486 e. The molecule has 108 valence electrons. The molecule has 2 aromatic rings. The Morgan fingerprint density at radius 2 is 2.30 bits per heavy atom. The molecule has 0 aliphatic carbocycles. The fraction of sp³-hybridized carbons (Fsp3) is 0.357. The summed E-state index contributed by atoms with van der Waals surface area (Å²) in [4.78, 5) is 4.20. The van der Waals surface area contributed by atoms with Gasteiger partial charge in [0.2, 0.25) is 0 Å². The van der Waals surface area contributed by atoms with Crippen molar-refractivity contribution in [3.8, 4) is 5.75 Å². The Morgan fingerprint density at radius 3 is 3.05 bits per heavy atom. The molecule has 1 aromatic carbocycles. The Balaban J connectivity index is 1.98. The van der Waals surface area contributed by atoms with Gasteiger partial charge in [0.25, 0.3) is 0 Å². The Labute approximate surface area is 127 Å². The minimum absolute atomic E-state index is 0.461. The van der Waals surface area contributed by atoms with Crippen molar-refractivity contribution in [2.75, 3.05) is 20.3 Å². The summed E-state index contributed by atoms with van der Waals surface area (Å²) in [6.45, 7) is 2.55. The quantitative estimate of drug-likeness (QED) is 0.761. The maximum absolute atomic E-state index is 6.24. The zero-order valence-electron chi connectivity index (χ0n) is 11.3. The van der Waals surface area contributed by atoms with E-state index in [1.807, 2.05) is 23.6 Å². The van der Waals surface area contributed by atoms with Crippen molar-refractivity contribution < 1.29 is 9.47 Å². The molecule has 0 saturated carbocycles. The molecule has 1 aromatic heterocycles. The topological polar surface area (TPSA) is 43.4 Å². The number of ether oxygens (including phenoxy) is 2. The largest absolute Gasteiger partial charge is 0.486 e. The number of halogens is 1. The van der Waals surface area contributed by atoms with Gasteiger partial charge in [-0.25, -0.2) is 4.98 Å². The molecule has 0 aliphatic heterocycles. The maximum atomic E-state index is 6.24. The van der Waals surface area contributed by atoms with Gasteiger partial charge in [-0.05, 0) is 12.1 Å². The lowest BCUT2D eigenvalue weighted by Gasteiger charge is -2.13. The molecular weight excluding hydrogens is 296 g/mol. The number of benzene rings is 1. The Kier molecular flexibility index (Phi) is 6.26. The van der Waals surface area contributed by atoms with E-state index < -0.39 is 0 Å². The lowest BCUT2D eigenvalue weighted by Crippen LogP contribution is -2.19. The van der Waals surface area contributed by atoms with Crippen LogP contribution in [0.2, 0.25) is 5.02 Å². The monoisotopic (exact) mass is 312 g/mol. The van der Waals surface area contributed by atoms with Crippen LogP contribution in [0, 0.1) is 0 Å². The lowest BCUT2D eigenvalue weighted by atomic mass is 10.2. The predicted molar refractivity (Wildman–Crippen MR) is 81.5 cm³/mol. The number of methoxy groups -OCH3 is 1. The van der Waals surface area contributed by atoms with E-state index >= 15 is 0 Å². The third kappa shape index (κ3) is 4.45. The zero-order chi connectivity index (χ0) is 14.2. The first-order valence-corrected chi connectivity index (χ1v) is 7.55. The highest BCUT2D eigenvalue weighted by atomic mass is 35.5. The molecule has 0 amide bonds. The van der Waals surface area contributed by atoms with E-state index in [1.165, 1.54) is 0 Å². The van der Waals surface area contributed by atoms with Gasteiger partial charge in [0.15, 0.2) is 0 Å². The summed E-state index contributed by atoms with van der Waals surface area (Å²) in [6.07, 6.45) is 1.77. The van der Waals surface area contributed by atoms with Crippen molar-refractivity contribution in [2.24, 2.45) is 0 Å². The summed E-state index contributed by atoms with van der Waals surface area (Å²) in [6, 6.07) is 5.68. The third-order valence-electron chi connectivity index (χ3n) is 2.70. The van der Waals surface area contributed by atoms with Gasteiger partial charge < -0.3 is 14.8 Å². The van der Waals surface area contributed by atoms with Crippen LogP contribution in [0.5, 0.6) is 5.75 Å². The van der Waals surface area contributed by atoms with Gasteiger partial charge >= 0.3 is 0 Å². The van der Waals surface area contributed by atoms with Gasteiger partial charge in [-0.3, -0.25) is 0 Å². The van der Waals surface area contributed by atoms with Gasteiger partial charge in [0.1, 0.15) is 17.4 Å². The second-order valence-electron chi connectivity index (χ2n) is 4.10. The first-order chi connectivity index (χ1) is 9.81. The van der Waals surface area contributed by atoms with E-state index in [1.54, 1.807) is 24.6 Å². The fourth-order valence-corrected chi connectivity index (χ4v) is 2.46. The van der Waals surface area contributed by atoms with Crippen LogP contribution in [0.3, 0.4) is 0 Å². The van der Waals surface area contributed by atoms with Crippen molar-refractivity contribution in [1.29, 1.82) is 0 Å². The predicted octanol–water partition coefficient (Wildman–Crippen LogP) is 3.11. The normalized spacial score (nSPS) is 10.7. The van der Waals surface area contributed by atoms with Crippen LogP contribution < -0.4 is 10.1 Å². The van der Waals surface area contributed by atoms with Crippen molar-refractivity contribution >= 4 is 22.9 Å². The molecule has 1 N–H and O–H groups in total. The average molecular weight is 313 g/mol. The molecule has 4 nitrogen and oxygen atoms in total. The SMILES string of the molecule is COCCNCc1c(Cl)cccc1OCc1nccs1. The number of nitrogens with one attached hydrogen (secondary N) is 1. The smallest absolute Gasteiger partial charge is 0.140 e. The highest BCUT2D eigenvalue weighted by Crippen LogP contribution is 2.27. The number of rotatable bonds is 8. The third-order valence-corrected chi connectivity index (χ3v) is 3.80.